The van der Waals surface area contributed by atoms with Gasteiger partial charge < -0.3 is 9.84 Å². The minimum absolute atomic E-state index is 0.0366. The van der Waals surface area contributed by atoms with Gasteiger partial charge >= 0.3 is 0 Å². The molecule has 0 aliphatic heterocycles. The first-order chi connectivity index (χ1) is 8.13. The summed E-state index contributed by atoms with van der Waals surface area (Å²) in [5.41, 5.74) is -0.0719. The molecule has 0 unspecified atom stereocenters. The molecule has 1 aliphatic carbocycles. The maximum absolute atomic E-state index is 10.5. The monoisotopic (exact) mass is 253 g/mol. The van der Waals surface area contributed by atoms with Gasteiger partial charge in [-0.15, -0.1) is 0 Å². The minimum Gasteiger partial charge on any atom is -0.508 e. The molecule has 0 aromatic heterocycles. The Morgan fingerprint density at radius 2 is 2.24 bits per heavy atom. The molecule has 0 atom stereocenters. The van der Waals surface area contributed by atoms with E-state index in [1.165, 1.54) is 13.2 Å². The van der Waals surface area contributed by atoms with Gasteiger partial charge in [0.05, 0.1) is 12.1 Å². The zero-order chi connectivity index (χ0) is 12.5. The van der Waals surface area contributed by atoms with Gasteiger partial charge in [-0.05, 0) is 25.3 Å². The third-order valence-corrected chi connectivity index (χ3v) is 3.51. The highest BCUT2D eigenvalue weighted by molar-refractivity contribution is 6.32. The average Bonchev–Trinajstić information content (AvgIpc) is 2.24. The number of benzene rings is 1. The number of phenols is 1. The van der Waals surface area contributed by atoms with E-state index in [-0.39, 0.29) is 5.75 Å². The Kier molecular flexibility index (Phi) is 3.09. The van der Waals surface area contributed by atoms with Crippen LogP contribution in [-0.4, -0.2) is 18.3 Å². The highest BCUT2D eigenvalue weighted by atomic mass is 35.5. The molecule has 2 rings (SSSR count). The lowest BCUT2D eigenvalue weighted by molar-refractivity contribution is 0.246. The van der Waals surface area contributed by atoms with Gasteiger partial charge in [-0.3, -0.25) is 0 Å². The summed E-state index contributed by atoms with van der Waals surface area (Å²) in [6, 6.07) is 3.05. The molecule has 0 heterocycles. The molecule has 90 valence electrons. The van der Waals surface area contributed by atoms with E-state index in [0.29, 0.717) is 16.3 Å². The van der Waals surface area contributed by atoms with Crippen LogP contribution in [0.15, 0.2) is 17.1 Å². The first-order valence-electron chi connectivity index (χ1n) is 5.29. The van der Waals surface area contributed by atoms with Crippen LogP contribution in [0.5, 0.6) is 11.5 Å². The van der Waals surface area contributed by atoms with Crippen LogP contribution >= 0.6 is 11.6 Å². The molecule has 0 amide bonds. The largest absolute Gasteiger partial charge is 0.508 e. The number of isocyanates is 1. The second-order valence-corrected chi connectivity index (χ2v) is 4.50. The zero-order valence-electron chi connectivity index (χ0n) is 9.36. The predicted molar refractivity (Wildman–Crippen MR) is 63.3 cm³/mol. The van der Waals surface area contributed by atoms with Gasteiger partial charge in [-0.25, -0.2) is 4.79 Å². The van der Waals surface area contributed by atoms with E-state index < -0.39 is 5.54 Å². The molecule has 5 heteroatoms. The van der Waals surface area contributed by atoms with Crippen molar-refractivity contribution in [2.24, 2.45) is 4.99 Å². The SMILES string of the molecule is COc1cc(C2(N=C=O)CCC2)c(O)cc1Cl. The number of rotatable bonds is 3. The fourth-order valence-corrected chi connectivity index (χ4v) is 2.35. The number of hydrogen-bond acceptors (Lipinski definition) is 4. The van der Waals surface area contributed by atoms with Gasteiger partial charge in [0.2, 0.25) is 6.08 Å². The molecule has 1 aliphatic rings. The highest BCUT2D eigenvalue weighted by Crippen LogP contribution is 2.49. The highest BCUT2D eigenvalue weighted by Gasteiger charge is 2.41. The fraction of sp³-hybridized carbons (Fsp3) is 0.417. The summed E-state index contributed by atoms with van der Waals surface area (Å²) in [6.07, 6.45) is 3.99. The second-order valence-electron chi connectivity index (χ2n) is 4.09. The van der Waals surface area contributed by atoms with Gasteiger partial charge in [0.1, 0.15) is 17.0 Å². The van der Waals surface area contributed by atoms with Crippen molar-refractivity contribution in [2.75, 3.05) is 7.11 Å². The maximum Gasteiger partial charge on any atom is 0.235 e. The number of hydrogen-bond donors (Lipinski definition) is 1. The van der Waals surface area contributed by atoms with E-state index >= 15 is 0 Å². The molecule has 0 saturated heterocycles. The summed E-state index contributed by atoms with van der Waals surface area (Å²) in [7, 11) is 1.50. The standard InChI is InChI=1S/C12H12ClNO3/c1-17-11-5-8(10(16)6-9(11)13)12(14-7-15)3-2-4-12/h5-6,16H,2-4H2,1H3. The molecular formula is C12H12ClNO3. The summed E-state index contributed by atoms with van der Waals surface area (Å²) in [6.45, 7) is 0. The summed E-state index contributed by atoms with van der Waals surface area (Å²) in [4.78, 5) is 14.3. The Labute approximate surface area is 104 Å². The van der Waals surface area contributed by atoms with Gasteiger partial charge in [0.25, 0.3) is 0 Å². The van der Waals surface area contributed by atoms with Crippen LogP contribution in [0.3, 0.4) is 0 Å². The lowest BCUT2D eigenvalue weighted by atomic mass is 9.72. The normalized spacial score (nSPS) is 16.8. The zero-order valence-corrected chi connectivity index (χ0v) is 10.1. The Bertz CT molecular complexity index is 491. The van der Waals surface area contributed by atoms with Gasteiger partial charge in [-0.1, -0.05) is 11.6 Å². The van der Waals surface area contributed by atoms with E-state index in [1.807, 2.05) is 0 Å². The molecule has 1 fully saturated rings. The van der Waals surface area contributed by atoms with Crippen molar-refractivity contribution in [3.05, 3.63) is 22.7 Å². The topological polar surface area (TPSA) is 58.9 Å². The third kappa shape index (κ3) is 1.90. The van der Waals surface area contributed by atoms with E-state index in [1.54, 1.807) is 12.1 Å². The van der Waals surface area contributed by atoms with E-state index in [2.05, 4.69) is 4.99 Å². The third-order valence-electron chi connectivity index (χ3n) is 3.21. The van der Waals surface area contributed by atoms with Crippen molar-refractivity contribution in [3.63, 3.8) is 0 Å². The van der Waals surface area contributed by atoms with E-state index in [0.717, 1.165) is 19.3 Å². The Balaban J connectivity index is 2.54. The Morgan fingerprint density at radius 3 is 2.71 bits per heavy atom. The lowest BCUT2D eigenvalue weighted by Gasteiger charge is -2.37. The van der Waals surface area contributed by atoms with Crippen molar-refractivity contribution < 1.29 is 14.6 Å². The first-order valence-corrected chi connectivity index (χ1v) is 5.67. The minimum atomic E-state index is -0.649. The van der Waals surface area contributed by atoms with Crippen LogP contribution in [0.1, 0.15) is 24.8 Å². The molecule has 0 bridgehead atoms. The number of nitrogens with zero attached hydrogens (tertiary/aromatic N) is 1. The number of aliphatic imine (C=N–C) groups is 1. The molecule has 17 heavy (non-hydrogen) atoms. The van der Waals surface area contributed by atoms with Crippen molar-refractivity contribution >= 4 is 17.7 Å². The molecule has 1 saturated carbocycles. The molecule has 4 nitrogen and oxygen atoms in total. The Morgan fingerprint density at radius 1 is 1.53 bits per heavy atom. The Hall–Kier alpha value is -1.51. The van der Waals surface area contributed by atoms with Crippen LogP contribution < -0.4 is 4.74 Å². The van der Waals surface area contributed by atoms with E-state index in [4.69, 9.17) is 16.3 Å². The van der Waals surface area contributed by atoms with Crippen LogP contribution in [-0.2, 0) is 10.3 Å². The maximum atomic E-state index is 10.5. The summed E-state index contributed by atoms with van der Waals surface area (Å²) in [5, 5.41) is 10.2. The van der Waals surface area contributed by atoms with Gasteiger partial charge in [-0.2, -0.15) is 4.99 Å². The van der Waals surface area contributed by atoms with Gasteiger partial charge in [0.15, 0.2) is 0 Å². The molecule has 1 aromatic carbocycles. The first kappa shape index (κ1) is 12.0. The number of halogens is 1. The second kappa shape index (κ2) is 4.40. The van der Waals surface area contributed by atoms with Crippen molar-refractivity contribution in [3.8, 4) is 11.5 Å². The van der Waals surface area contributed by atoms with Crippen LogP contribution in [0.25, 0.3) is 0 Å². The number of phenolic OH excluding ortho intramolecular Hbond substituents is 1. The predicted octanol–water partition coefficient (Wildman–Crippen LogP) is 2.77. The lowest BCUT2D eigenvalue weighted by Crippen LogP contribution is -2.32. The van der Waals surface area contributed by atoms with E-state index in [9.17, 15) is 9.90 Å². The van der Waals surface area contributed by atoms with Crippen LogP contribution in [0.2, 0.25) is 5.02 Å². The van der Waals surface area contributed by atoms with Crippen molar-refractivity contribution in [2.45, 2.75) is 24.8 Å². The van der Waals surface area contributed by atoms with Crippen LogP contribution in [0.4, 0.5) is 0 Å². The van der Waals surface area contributed by atoms with Crippen molar-refractivity contribution in [1.29, 1.82) is 0 Å². The summed E-state index contributed by atoms with van der Waals surface area (Å²) in [5.74, 6) is 0.501. The number of carbonyl (C=O) groups excluding carboxylic acids is 1. The number of methoxy groups -OCH3 is 1. The quantitative estimate of drug-likeness (QED) is 0.666. The molecule has 1 N–H and O–H groups in total. The summed E-state index contributed by atoms with van der Waals surface area (Å²) >= 11 is 5.90. The fourth-order valence-electron chi connectivity index (χ4n) is 2.11. The number of aromatic hydroxyl groups is 1. The van der Waals surface area contributed by atoms with Gasteiger partial charge in [0, 0.05) is 11.6 Å². The smallest absolute Gasteiger partial charge is 0.235 e. The average molecular weight is 254 g/mol. The van der Waals surface area contributed by atoms with Crippen LogP contribution in [0, 0.1) is 0 Å². The molecule has 0 radical (unpaired) electrons. The number of ether oxygens (including phenoxy) is 1. The molecular weight excluding hydrogens is 242 g/mol. The molecule has 1 aromatic rings. The molecule has 0 spiro atoms. The van der Waals surface area contributed by atoms with Crippen molar-refractivity contribution in [1.82, 2.24) is 0 Å². The summed E-state index contributed by atoms with van der Waals surface area (Å²) < 4.78 is 5.10.